The number of imidazole rings is 1. The van der Waals surface area contributed by atoms with E-state index in [0.717, 1.165) is 12.0 Å². The zero-order valence-electron chi connectivity index (χ0n) is 11.3. The lowest BCUT2D eigenvalue weighted by Gasteiger charge is -2.38. The lowest BCUT2D eigenvalue weighted by Crippen LogP contribution is -2.59. The molecule has 0 unspecified atom stereocenters. The SMILES string of the molecule is O=C(NC1(C(=O)O)CCC1)c1cccc(-c2ncc[nH]2)c1. The van der Waals surface area contributed by atoms with Crippen molar-refractivity contribution in [3.63, 3.8) is 0 Å². The van der Waals surface area contributed by atoms with Crippen LogP contribution in [-0.4, -0.2) is 32.5 Å². The quantitative estimate of drug-likeness (QED) is 0.798. The first-order valence-electron chi connectivity index (χ1n) is 6.76. The predicted molar refractivity (Wildman–Crippen MR) is 75.7 cm³/mol. The van der Waals surface area contributed by atoms with Crippen LogP contribution in [0.5, 0.6) is 0 Å². The number of aromatic nitrogens is 2. The largest absolute Gasteiger partial charge is 0.480 e. The molecule has 1 saturated carbocycles. The summed E-state index contributed by atoms with van der Waals surface area (Å²) in [6.45, 7) is 0. The van der Waals surface area contributed by atoms with Crippen molar-refractivity contribution in [3.05, 3.63) is 42.2 Å². The summed E-state index contributed by atoms with van der Waals surface area (Å²) in [4.78, 5) is 30.7. The Bertz CT molecular complexity index is 675. The van der Waals surface area contributed by atoms with Crippen LogP contribution in [0.4, 0.5) is 0 Å². The van der Waals surface area contributed by atoms with Gasteiger partial charge in [-0.2, -0.15) is 0 Å². The maximum atomic E-state index is 12.3. The highest BCUT2D eigenvalue weighted by Gasteiger charge is 2.45. The van der Waals surface area contributed by atoms with Gasteiger partial charge in [-0.15, -0.1) is 0 Å². The summed E-state index contributed by atoms with van der Waals surface area (Å²) in [5.41, 5.74) is 0.111. The number of hydrogen-bond acceptors (Lipinski definition) is 3. The second-order valence-electron chi connectivity index (χ2n) is 5.21. The van der Waals surface area contributed by atoms with Gasteiger partial charge in [0.2, 0.25) is 0 Å². The van der Waals surface area contributed by atoms with Gasteiger partial charge < -0.3 is 15.4 Å². The number of carbonyl (C=O) groups is 2. The fraction of sp³-hybridized carbons (Fsp3) is 0.267. The van der Waals surface area contributed by atoms with Crippen LogP contribution < -0.4 is 5.32 Å². The Morgan fingerprint density at radius 3 is 2.71 bits per heavy atom. The fourth-order valence-electron chi connectivity index (χ4n) is 2.44. The van der Waals surface area contributed by atoms with Crippen LogP contribution in [0.15, 0.2) is 36.7 Å². The van der Waals surface area contributed by atoms with Crippen LogP contribution in [-0.2, 0) is 4.79 Å². The number of amides is 1. The molecule has 108 valence electrons. The van der Waals surface area contributed by atoms with Gasteiger partial charge >= 0.3 is 5.97 Å². The summed E-state index contributed by atoms with van der Waals surface area (Å²) in [5, 5.41) is 11.9. The minimum absolute atomic E-state index is 0.370. The first-order chi connectivity index (χ1) is 10.1. The summed E-state index contributed by atoms with van der Waals surface area (Å²) in [5.74, 6) is -0.670. The number of carboxylic acids is 1. The van der Waals surface area contributed by atoms with E-state index in [-0.39, 0.29) is 5.91 Å². The highest BCUT2D eigenvalue weighted by Crippen LogP contribution is 2.32. The van der Waals surface area contributed by atoms with E-state index >= 15 is 0 Å². The van der Waals surface area contributed by atoms with Gasteiger partial charge in [-0.25, -0.2) is 9.78 Å². The number of nitrogens with one attached hydrogen (secondary N) is 2. The second kappa shape index (κ2) is 5.05. The zero-order valence-corrected chi connectivity index (χ0v) is 11.3. The zero-order chi connectivity index (χ0) is 14.9. The minimum atomic E-state index is -1.10. The summed E-state index contributed by atoms with van der Waals surface area (Å²) >= 11 is 0. The van der Waals surface area contributed by atoms with Crippen molar-refractivity contribution in [2.24, 2.45) is 0 Å². The van der Waals surface area contributed by atoms with E-state index in [9.17, 15) is 14.7 Å². The van der Waals surface area contributed by atoms with Crippen molar-refractivity contribution < 1.29 is 14.7 Å². The van der Waals surface area contributed by atoms with E-state index in [2.05, 4.69) is 15.3 Å². The monoisotopic (exact) mass is 285 g/mol. The minimum Gasteiger partial charge on any atom is -0.480 e. The smallest absolute Gasteiger partial charge is 0.329 e. The third kappa shape index (κ3) is 2.40. The Labute approximate surface area is 121 Å². The molecule has 0 atom stereocenters. The molecule has 1 heterocycles. The van der Waals surface area contributed by atoms with Crippen molar-refractivity contribution in [3.8, 4) is 11.4 Å². The van der Waals surface area contributed by atoms with E-state index in [4.69, 9.17) is 0 Å². The summed E-state index contributed by atoms with van der Waals surface area (Å²) in [6, 6.07) is 6.95. The first kappa shape index (κ1) is 13.4. The maximum Gasteiger partial charge on any atom is 0.329 e. The Kier molecular flexibility index (Phi) is 3.21. The van der Waals surface area contributed by atoms with Crippen molar-refractivity contribution >= 4 is 11.9 Å². The second-order valence-corrected chi connectivity index (χ2v) is 5.21. The molecule has 1 aliphatic rings. The number of rotatable bonds is 4. The Morgan fingerprint density at radius 1 is 1.33 bits per heavy atom. The van der Waals surface area contributed by atoms with Gasteiger partial charge in [0.05, 0.1) is 0 Å². The van der Waals surface area contributed by atoms with E-state index < -0.39 is 11.5 Å². The molecule has 0 spiro atoms. The normalized spacial score (nSPS) is 16.0. The molecule has 1 aromatic heterocycles. The van der Waals surface area contributed by atoms with E-state index in [1.54, 1.807) is 30.6 Å². The van der Waals surface area contributed by atoms with E-state index in [1.165, 1.54) is 0 Å². The van der Waals surface area contributed by atoms with Crippen LogP contribution >= 0.6 is 0 Å². The van der Waals surface area contributed by atoms with Gasteiger partial charge in [0.1, 0.15) is 11.4 Å². The topological polar surface area (TPSA) is 95.1 Å². The van der Waals surface area contributed by atoms with Crippen LogP contribution in [0.25, 0.3) is 11.4 Å². The van der Waals surface area contributed by atoms with Crippen molar-refractivity contribution in [2.45, 2.75) is 24.8 Å². The summed E-state index contributed by atoms with van der Waals surface area (Å²) < 4.78 is 0. The van der Waals surface area contributed by atoms with Crippen LogP contribution in [0.1, 0.15) is 29.6 Å². The molecule has 0 radical (unpaired) electrons. The van der Waals surface area contributed by atoms with Crippen LogP contribution in [0.3, 0.4) is 0 Å². The summed E-state index contributed by atoms with van der Waals surface area (Å²) in [7, 11) is 0. The number of nitrogens with zero attached hydrogens (tertiary/aromatic N) is 1. The molecule has 1 amide bonds. The first-order valence-corrected chi connectivity index (χ1v) is 6.76. The van der Waals surface area contributed by atoms with Gasteiger partial charge in [0, 0.05) is 23.5 Å². The van der Waals surface area contributed by atoms with Crippen LogP contribution in [0.2, 0.25) is 0 Å². The molecule has 1 aliphatic carbocycles. The summed E-state index contributed by atoms with van der Waals surface area (Å²) in [6.07, 6.45) is 5.11. The molecule has 6 heteroatoms. The number of aliphatic carboxylic acids is 1. The lowest BCUT2D eigenvalue weighted by atomic mass is 9.76. The number of benzene rings is 1. The molecular formula is C15H15N3O3. The standard InChI is InChI=1S/C15H15N3O3/c19-13(18-15(14(20)21)5-2-6-15)11-4-1-3-10(9-11)12-16-7-8-17-12/h1,3-4,7-9H,2,5-6H2,(H,16,17)(H,18,19)(H,20,21). The van der Waals surface area contributed by atoms with Gasteiger partial charge in [-0.1, -0.05) is 12.1 Å². The van der Waals surface area contributed by atoms with Crippen molar-refractivity contribution in [1.29, 1.82) is 0 Å². The average molecular weight is 285 g/mol. The molecule has 3 rings (SSSR count). The fourth-order valence-corrected chi connectivity index (χ4v) is 2.44. The van der Waals surface area contributed by atoms with Gasteiger partial charge in [0.15, 0.2) is 0 Å². The number of carboxylic acid groups (broad SMARTS) is 1. The lowest BCUT2D eigenvalue weighted by molar-refractivity contribution is -0.148. The highest BCUT2D eigenvalue weighted by molar-refractivity contribution is 5.98. The third-order valence-corrected chi connectivity index (χ3v) is 3.87. The molecule has 6 nitrogen and oxygen atoms in total. The number of hydrogen-bond donors (Lipinski definition) is 3. The van der Waals surface area contributed by atoms with E-state index in [0.29, 0.717) is 24.2 Å². The average Bonchev–Trinajstić information content (AvgIpc) is 2.96. The van der Waals surface area contributed by atoms with Crippen molar-refractivity contribution in [1.82, 2.24) is 15.3 Å². The molecule has 1 aromatic carbocycles. The van der Waals surface area contributed by atoms with Crippen LogP contribution in [0, 0.1) is 0 Å². The molecule has 3 N–H and O–H groups in total. The molecule has 0 bridgehead atoms. The molecule has 21 heavy (non-hydrogen) atoms. The van der Waals surface area contributed by atoms with Gasteiger partial charge in [-0.3, -0.25) is 4.79 Å². The molecule has 1 fully saturated rings. The number of carbonyl (C=O) groups excluding carboxylic acids is 1. The number of H-pyrrole nitrogens is 1. The van der Waals surface area contributed by atoms with Gasteiger partial charge in [-0.05, 0) is 31.4 Å². The van der Waals surface area contributed by atoms with Gasteiger partial charge in [0.25, 0.3) is 5.91 Å². The molecule has 2 aromatic rings. The third-order valence-electron chi connectivity index (χ3n) is 3.87. The molecule has 0 saturated heterocycles. The number of aromatic amines is 1. The maximum absolute atomic E-state index is 12.3. The molecule has 0 aliphatic heterocycles. The Hall–Kier alpha value is -2.63. The Morgan fingerprint density at radius 2 is 2.14 bits per heavy atom. The Balaban J connectivity index is 1.82. The van der Waals surface area contributed by atoms with E-state index in [1.807, 2.05) is 6.07 Å². The predicted octanol–water partition coefficient (Wildman–Crippen LogP) is 1.81. The van der Waals surface area contributed by atoms with Crippen molar-refractivity contribution in [2.75, 3.05) is 0 Å². The molecular weight excluding hydrogens is 270 g/mol. The highest BCUT2D eigenvalue weighted by atomic mass is 16.4.